The number of aromatic nitrogens is 1. The predicted octanol–water partition coefficient (Wildman–Crippen LogP) is 1.98. The molecule has 0 aliphatic carbocycles. The zero-order chi connectivity index (χ0) is 22.8. The molecule has 1 aromatic rings. The molecule has 31 heavy (non-hydrogen) atoms. The molecule has 9 heteroatoms. The molecular formula is C22H36N4O4S. The number of aliphatic hydroxyl groups is 1. The molecule has 0 bridgehead atoms. The second-order valence-corrected chi connectivity index (χ2v) is 11.0. The van der Waals surface area contributed by atoms with Crippen LogP contribution in [0.3, 0.4) is 0 Å². The number of amides is 1. The van der Waals surface area contributed by atoms with Gasteiger partial charge in [-0.05, 0) is 43.9 Å². The Morgan fingerprint density at radius 3 is 2.58 bits per heavy atom. The van der Waals surface area contributed by atoms with Crippen LogP contribution in [0.1, 0.15) is 58.3 Å². The Morgan fingerprint density at radius 2 is 2.00 bits per heavy atom. The summed E-state index contributed by atoms with van der Waals surface area (Å²) in [6, 6.07) is -0.0616. The maximum Gasteiger partial charge on any atom is 0.322 e. The molecule has 174 valence electrons. The topological polar surface area (TPSA) is 115 Å². The molecule has 0 radical (unpaired) electrons. The average molecular weight is 453 g/mol. The van der Waals surface area contributed by atoms with Crippen LogP contribution in [-0.2, 0) is 15.0 Å². The molecule has 3 heterocycles. The average Bonchev–Trinajstić information content (AvgIpc) is 3.20. The minimum Gasteiger partial charge on any atom is -0.480 e. The number of piperidine rings is 2. The van der Waals surface area contributed by atoms with Crippen LogP contribution in [0.15, 0.2) is 6.20 Å². The minimum absolute atomic E-state index is 0.120. The van der Waals surface area contributed by atoms with Crippen LogP contribution in [0.5, 0.6) is 0 Å². The predicted molar refractivity (Wildman–Crippen MR) is 122 cm³/mol. The fraction of sp³-hybridized carbons (Fsp3) is 0.773. The van der Waals surface area contributed by atoms with Crippen LogP contribution in [-0.4, -0.2) is 64.9 Å². The van der Waals surface area contributed by atoms with E-state index in [1.54, 1.807) is 11.3 Å². The van der Waals surface area contributed by atoms with Gasteiger partial charge in [0.1, 0.15) is 6.54 Å². The zero-order valence-electron chi connectivity index (χ0n) is 18.9. The molecule has 2 fully saturated rings. The highest BCUT2D eigenvalue weighted by Crippen LogP contribution is 2.35. The number of nitrogens with zero attached hydrogens (tertiary/aromatic N) is 2. The van der Waals surface area contributed by atoms with Gasteiger partial charge in [-0.1, -0.05) is 20.8 Å². The molecular weight excluding hydrogens is 416 g/mol. The Balaban J connectivity index is 1.52. The van der Waals surface area contributed by atoms with Crippen molar-refractivity contribution in [3.63, 3.8) is 0 Å². The smallest absolute Gasteiger partial charge is 0.322 e. The fourth-order valence-corrected chi connectivity index (χ4v) is 5.60. The van der Waals surface area contributed by atoms with Gasteiger partial charge in [-0.15, -0.1) is 11.3 Å². The van der Waals surface area contributed by atoms with Crippen LogP contribution in [0, 0.1) is 11.8 Å². The number of carboxylic acid groups (broad SMARTS) is 1. The summed E-state index contributed by atoms with van der Waals surface area (Å²) in [5.74, 6) is -1.47. The number of carbonyl (C=O) groups excluding carboxylic acids is 1. The van der Waals surface area contributed by atoms with E-state index in [1.165, 1.54) is 4.88 Å². The van der Waals surface area contributed by atoms with Crippen molar-refractivity contribution < 1.29 is 19.8 Å². The van der Waals surface area contributed by atoms with Crippen LogP contribution < -0.4 is 15.5 Å². The number of thiazole rings is 1. The zero-order valence-corrected chi connectivity index (χ0v) is 19.7. The van der Waals surface area contributed by atoms with Gasteiger partial charge >= 0.3 is 5.97 Å². The molecule has 2 aliphatic rings. The molecule has 0 spiro atoms. The van der Waals surface area contributed by atoms with Gasteiger partial charge in [0, 0.05) is 36.2 Å². The Hall–Kier alpha value is -1.71. The van der Waals surface area contributed by atoms with Crippen molar-refractivity contribution in [3.05, 3.63) is 11.1 Å². The first-order valence-corrected chi connectivity index (χ1v) is 12.0. The summed E-state index contributed by atoms with van der Waals surface area (Å²) in [4.78, 5) is 31.5. The number of anilines is 1. The summed E-state index contributed by atoms with van der Waals surface area (Å²) < 4.78 is 0. The van der Waals surface area contributed by atoms with Gasteiger partial charge in [-0.2, -0.15) is 0 Å². The van der Waals surface area contributed by atoms with E-state index in [1.807, 2.05) is 13.1 Å². The molecule has 4 unspecified atom stereocenters. The van der Waals surface area contributed by atoms with Crippen LogP contribution in [0.2, 0.25) is 0 Å². The number of aliphatic carboxylic acids is 1. The highest BCUT2D eigenvalue weighted by atomic mass is 32.1. The summed E-state index contributed by atoms with van der Waals surface area (Å²) in [7, 11) is 0. The van der Waals surface area contributed by atoms with E-state index in [0.29, 0.717) is 12.3 Å². The maximum atomic E-state index is 12.4. The van der Waals surface area contributed by atoms with Crippen molar-refractivity contribution in [1.29, 1.82) is 0 Å². The summed E-state index contributed by atoms with van der Waals surface area (Å²) in [6.45, 7) is 10.1. The normalized spacial score (nSPS) is 27.8. The largest absolute Gasteiger partial charge is 0.480 e. The van der Waals surface area contributed by atoms with Crippen molar-refractivity contribution in [2.45, 2.75) is 77.0 Å². The molecule has 2 saturated heterocycles. The molecule has 0 aromatic carbocycles. The van der Waals surface area contributed by atoms with Crippen LogP contribution in [0.25, 0.3) is 0 Å². The number of aliphatic hydroxyl groups excluding tert-OH is 1. The van der Waals surface area contributed by atoms with Gasteiger partial charge in [0.25, 0.3) is 0 Å². The van der Waals surface area contributed by atoms with Crippen LogP contribution >= 0.6 is 11.3 Å². The quantitative estimate of drug-likeness (QED) is 0.522. The number of carbonyl (C=O) groups is 2. The molecule has 1 amide bonds. The molecule has 2 aliphatic heterocycles. The van der Waals surface area contributed by atoms with E-state index in [2.05, 4.69) is 41.3 Å². The van der Waals surface area contributed by atoms with Gasteiger partial charge in [-0.3, -0.25) is 9.59 Å². The third-order valence-electron chi connectivity index (χ3n) is 6.45. The summed E-state index contributed by atoms with van der Waals surface area (Å²) in [5, 5.41) is 26.2. The molecule has 8 nitrogen and oxygen atoms in total. The van der Waals surface area contributed by atoms with Gasteiger partial charge in [0.05, 0.1) is 12.0 Å². The van der Waals surface area contributed by atoms with Crippen molar-refractivity contribution in [2.75, 3.05) is 24.5 Å². The van der Waals surface area contributed by atoms with Crippen molar-refractivity contribution in [3.8, 4) is 0 Å². The third kappa shape index (κ3) is 6.17. The number of hydrogen-bond donors (Lipinski definition) is 4. The Kier molecular flexibility index (Phi) is 7.59. The molecule has 1 aromatic heterocycles. The van der Waals surface area contributed by atoms with E-state index in [0.717, 1.165) is 37.5 Å². The first-order chi connectivity index (χ1) is 14.5. The number of rotatable bonds is 6. The lowest BCUT2D eigenvalue weighted by atomic mass is 9.80. The van der Waals surface area contributed by atoms with Crippen molar-refractivity contribution in [2.24, 2.45) is 11.8 Å². The molecule has 4 atom stereocenters. The molecule has 0 saturated carbocycles. The van der Waals surface area contributed by atoms with Gasteiger partial charge in [0.2, 0.25) is 5.91 Å². The van der Waals surface area contributed by atoms with Gasteiger partial charge < -0.3 is 25.7 Å². The monoisotopic (exact) mass is 452 g/mol. The van der Waals surface area contributed by atoms with E-state index in [-0.39, 0.29) is 23.4 Å². The standard InChI is InChI=1S/C22H36N4O4S/c1-13-19(29)16(20(30)23-12-18(27)28)10-15(25-13)9-14-5-7-26(8-6-14)21-24-11-17(31-21)22(2,3)4/h11,13-16,19,25,29H,5-10,12H2,1-4H3,(H,23,30)(H,27,28). The van der Waals surface area contributed by atoms with Gasteiger partial charge in [0.15, 0.2) is 5.13 Å². The van der Waals surface area contributed by atoms with Crippen LogP contribution in [0.4, 0.5) is 5.13 Å². The molecule has 4 N–H and O–H groups in total. The first-order valence-electron chi connectivity index (χ1n) is 11.2. The third-order valence-corrected chi connectivity index (χ3v) is 7.93. The lowest BCUT2D eigenvalue weighted by Gasteiger charge is -2.40. The molecule has 3 rings (SSSR count). The van der Waals surface area contributed by atoms with E-state index in [9.17, 15) is 14.7 Å². The van der Waals surface area contributed by atoms with Crippen molar-refractivity contribution in [1.82, 2.24) is 15.6 Å². The van der Waals surface area contributed by atoms with Crippen molar-refractivity contribution >= 4 is 28.3 Å². The fourth-order valence-electron chi connectivity index (χ4n) is 4.57. The Bertz CT molecular complexity index is 770. The van der Waals surface area contributed by atoms with Gasteiger partial charge in [-0.25, -0.2) is 4.98 Å². The minimum atomic E-state index is -1.08. The first kappa shape index (κ1) is 23.9. The maximum absolute atomic E-state index is 12.4. The lowest BCUT2D eigenvalue weighted by Crippen LogP contribution is -2.57. The lowest BCUT2D eigenvalue weighted by molar-refractivity contribution is -0.140. The van der Waals surface area contributed by atoms with E-state index < -0.39 is 24.5 Å². The van der Waals surface area contributed by atoms with E-state index >= 15 is 0 Å². The summed E-state index contributed by atoms with van der Waals surface area (Å²) in [6.07, 6.45) is 4.83. The highest BCUT2D eigenvalue weighted by Gasteiger charge is 2.39. The highest BCUT2D eigenvalue weighted by molar-refractivity contribution is 7.15. The summed E-state index contributed by atoms with van der Waals surface area (Å²) in [5.41, 5.74) is 0.120. The summed E-state index contributed by atoms with van der Waals surface area (Å²) >= 11 is 1.78. The SMILES string of the molecule is CC1NC(CC2CCN(c3ncc(C(C)(C)C)s3)CC2)CC(C(=O)NCC(=O)O)C1O. The number of hydrogen-bond acceptors (Lipinski definition) is 7. The van der Waals surface area contributed by atoms with E-state index in [4.69, 9.17) is 5.11 Å². The second kappa shape index (κ2) is 9.83. The number of carboxylic acids is 1. The Labute approximate surface area is 188 Å². The second-order valence-electron chi connectivity index (χ2n) is 10.0. The Morgan fingerprint density at radius 1 is 1.32 bits per heavy atom. The number of nitrogens with one attached hydrogen (secondary N) is 2.